The predicted molar refractivity (Wildman–Crippen MR) is 69.8 cm³/mol. The van der Waals surface area contributed by atoms with Gasteiger partial charge in [0.05, 0.1) is 5.41 Å². The zero-order valence-corrected chi connectivity index (χ0v) is 11.2. The molecule has 0 radical (unpaired) electrons. The molecule has 0 unspecified atom stereocenters. The quantitative estimate of drug-likeness (QED) is 0.817. The fourth-order valence-corrected chi connectivity index (χ4v) is 2.41. The van der Waals surface area contributed by atoms with Crippen LogP contribution in [0.1, 0.15) is 24.8 Å². The van der Waals surface area contributed by atoms with E-state index in [0.29, 0.717) is 13.0 Å². The van der Waals surface area contributed by atoms with Gasteiger partial charge in [0, 0.05) is 17.6 Å². The van der Waals surface area contributed by atoms with Crippen molar-refractivity contribution >= 4 is 21.8 Å². The Labute approximate surface area is 109 Å². The summed E-state index contributed by atoms with van der Waals surface area (Å²) in [5.74, 6) is 0.0871. The number of amides is 1. The van der Waals surface area contributed by atoms with Crippen molar-refractivity contribution in [3.05, 3.63) is 34.3 Å². The number of aliphatic hydroxyl groups is 1. The first-order valence-electron chi connectivity index (χ1n) is 5.84. The molecule has 1 aromatic rings. The van der Waals surface area contributed by atoms with Gasteiger partial charge in [-0.25, -0.2) is 0 Å². The van der Waals surface area contributed by atoms with Gasteiger partial charge in [-0.2, -0.15) is 0 Å². The summed E-state index contributed by atoms with van der Waals surface area (Å²) in [5, 5.41) is 11.6. The molecule has 4 heteroatoms. The topological polar surface area (TPSA) is 49.3 Å². The molecule has 0 aliphatic heterocycles. The van der Waals surface area contributed by atoms with Gasteiger partial charge in [0.25, 0.3) is 0 Å². The highest BCUT2D eigenvalue weighted by Gasteiger charge is 2.51. The van der Waals surface area contributed by atoms with Gasteiger partial charge in [0.1, 0.15) is 0 Å². The lowest BCUT2D eigenvalue weighted by molar-refractivity contribution is -0.123. The second-order valence-corrected chi connectivity index (χ2v) is 5.34. The summed E-state index contributed by atoms with van der Waals surface area (Å²) in [6.07, 6.45) is 2.43. The van der Waals surface area contributed by atoms with Crippen LogP contribution in [0.15, 0.2) is 28.7 Å². The van der Waals surface area contributed by atoms with Crippen LogP contribution >= 0.6 is 15.9 Å². The number of carbonyl (C=O) groups excluding carboxylic acids is 1. The third-order valence-electron chi connectivity index (χ3n) is 3.18. The normalized spacial score (nSPS) is 16.6. The maximum atomic E-state index is 12.1. The van der Waals surface area contributed by atoms with Crippen LogP contribution in [0.3, 0.4) is 0 Å². The van der Waals surface area contributed by atoms with Crippen LogP contribution in [0.4, 0.5) is 0 Å². The molecule has 1 aliphatic carbocycles. The summed E-state index contributed by atoms with van der Waals surface area (Å²) in [4.78, 5) is 12.1. The molecule has 1 amide bonds. The van der Waals surface area contributed by atoms with Crippen LogP contribution in [0.5, 0.6) is 0 Å². The molecule has 92 valence electrons. The zero-order chi connectivity index (χ0) is 12.3. The molecule has 17 heavy (non-hydrogen) atoms. The molecule has 1 aromatic carbocycles. The summed E-state index contributed by atoms with van der Waals surface area (Å²) in [5.41, 5.74) is 0.757. The van der Waals surface area contributed by atoms with E-state index in [0.717, 1.165) is 22.9 Å². The highest BCUT2D eigenvalue weighted by Crippen LogP contribution is 2.48. The zero-order valence-electron chi connectivity index (χ0n) is 9.58. The van der Waals surface area contributed by atoms with E-state index in [9.17, 15) is 4.79 Å². The Hall–Kier alpha value is -0.870. The Kier molecular flexibility index (Phi) is 3.84. The molecule has 0 aromatic heterocycles. The van der Waals surface area contributed by atoms with E-state index in [-0.39, 0.29) is 17.9 Å². The van der Waals surface area contributed by atoms with Crippen LogP contribution < -0.4 is 5.32 Å². The van der Waals surface area contributed by atoms with Crippen molar-refractivity contribution in [2.24, 2.45) is 0 Å². The molecule has 0 heterocycles. The number of halogens is 1. The largest absolute Gasteiger partial charge is 0.396 e. The Morgan fingerprint density at radius 3 is 2.82 bits per heavy atom. The van der Waals surface area contributed by atoms with Crippen molar-refractivity contribution in [3.8, 4) is 0 Å². The summed E-state index contributed by atoms with van der Waals surface area (Å²) in [7, 11) is 0. The molecule has 0 saturated heterocycles. The minimum atomic E-state index is -0.320. The summed E-state index contributed by atoms with van der Waals surface area (Å²) in [6.45, 7) is 0.662. The van der Waals surface area contributed by atoms with Crippen molar-refractivity contribution < 1.29 is 9.90 Å². The fraction of sp³-hybridized carbons (Fsp3) is 0.462. The minimum absolute atomic E-state index is 0.0871. The molecular formula is C13H16BrNO2. The van der Waals surface area contributed by atoms with Gasteiger partial charge in [-0.15, -0.1) is 0 Å². The molecule has 0 spiro atoms. The first kappa shape index (κ1) is 12.6. The third-order valence-corrected chi connectivity index (χ3v) is 3.68. The number of aliphatic hydroxyl groups excluding tert-OH is 1. The average Bonchev–Trinajstić information content (AvgIpc) is 3.10. The lowest BCUT2D eigenvalue weighted by atomic mass is 9.95. The van der Waals surface area contributed by atoms with E-state index in [2.05, 4.69) is 21.2 Å². The molecule has 1 fully saturated rings. The number of benzene rings is 1. The van der Waals surface area contributed by atoms with Gasteiger partial charge in [0.15, 0.2) is 0 Å². The van der Waals surface area contributed by atoms with Gasteiger partial charge >= 0.3 is 0 Å². The van der Waals surface area contributed by atoms with Crippen LogP contribution in [0, 0.1) is 0 Å². The Bertz CT molecular complexity index is 416. The average molecular weight is 298 g/mol. The summed E-state index contributed by atoms with van der Waals surface area (Å²) in [6, 6.07) is 7.94. The fourth-order valence-electron chi connectivity index (χ4n) is 2.01. The maximum absolute atomic E-state index is 12.1. The van der Waals surface area contributed by atoms with E-state index < -0.39 is 0 Å². The van der Waals surface area contributed by atoms with Crippen molar-refractivity contribution in [2.45, 2.75) is 24.7 Å². The second-order valence-electron chi connectivity index (χ2n) is 4.43. The first-order valence-corrected chi connectivity index (χ1v) is 6.63. The smallest absolute Gasteiger partial charge is 0.230 e. The Balaban J connectivity index is 2.06. The van der Waals surface area contributed by atoms with Crippen molar-refractivity contribution in [1.29, 1.82) is 0 Å². The Morgan fingerprint density at radius 2 is 2.24 bits per heavy atom. The number of nitrogens with one attached hydrogen (secondary N) is 1. The second kappa shape index (κ2) is 5.19. The van der Waals surface area contributed by atoms with Gasteiger partial charge in [-0.3, -0.25) is 4.79 Å². The molecule has 0 atom stereocenters. The molecule has 2 N–H and O–H groups in total. The lowest BCUT2D eigenvalue weighted by Gasteiger charge is -2.15. The molecule has 1 saturated carbocycles. The van der Waals surface area contributed by atoms with Gasteiger partial charge < -0.3 is 10.4 Å². The standard InChI is InChI=1S/C13H16BrNO2/c14-11-4-1-3-10(9-11)13(5-6-13)12(17)15-7-2-8-16/h1,3-4,9,16H,2,5-8H2,(H,15,17). The number of hydrogen-bond donors (Lipinski definition) is 2. The van der Waals surface area contributed by atoms with Crippen LogP contribution in [-0.2, 0) is 10.2 Å². The van der Waals surface area contributed by atoms with Crippen molar-refractivity contribution in [1.82, 2.24) is 5.32 Å². The SMILES string of the molecule is O=C(NCCCO)C1(c2cccc(Br)c2)CC1. The third kappa shape index (κ3) is 2.69. The van der Waals surface area contributed by atoms with Crippen LogP contribution in [-0.4, -0.2) is 24.2 Å². The highest BCUT2D eigenvalue weighted by molar-refractivity contribution is 9.10. The van der Waals surface area contributed by atoms with E-state index in [1.54, 1.807) is 0 Å². The van der Waals surface area contributed by atoms with E-state index >= 15 is 0 Å². The van der Waals surface area contributed by atoms with Gasteiger partial charge in [-0.1, -0.05) is 28.1 Å². The number of rotatable bonds is 5. The van der Waals surface area contributed by atoms with E-state index in [4.69, 9.17) is 5.11 Å². The van der Waals surface area contributed by atoms with Gasteiger partial charge in [-0.05, 0) is 37.0 Å². The molecule has 2 rings (SSSR count). The predicted octanol–water partition coefficient (Wildman–Crippen LogP) is 1.98. The number of hydrogen-bond acceptors (Lipinski definition) is 2. The van der Waals surface area contributed by atoms with Gasteiger partial charge in [0.2, 0.25) is 5.91 Å². The van der Waals surface area contributed by atoms with Crippen LogP contribution in [0.2, 0.25) is 0 Å². The van der Waals surface area contributed by atoms with Crippen molar-refractivity contribution in [3.63, 3.8) is 0 Å². The van der Waals surface area contributed by atoms with E-state index in [1.807, 2.05) is 24.3 Å². The molecule has 0 bridgehead atoms. The summed E-state index contributed by atoms with van der Waals surface area (Å²) < 4.78 is 1.00. The lowest BCUT2D eigenvalue weighted by Crippen LogP contribution is -2.35. The molecule has 1 aliphatic rings. The van der Waals surface area contributed by atoms with Crippen LogP contribution in [0.25, 0.3) is 0 Å². The monoisotopic (exact) mass is 297 g/mol. The van der Waals surface area contributed by atoms with E-state index in [1.165, 1.54) is 0 Å². The van der Waals surface area contributed by atoms with Crippen molar-refractivity contribution in [2.75, 3.05) is 13.2 Å². The molecular weight excluding hydrogens is 282 g/mol. The summed E-state index contributed by atoms with van der Waals surface area (Å²) >= 11 is 3.43. The number of carbonyl (C=O) groups is 1. The Morgan fingerprint density at radius 1 is 1.47 bits per heavy atom. The minimum Gasteiger partial charge on any atom is -0.396 e. The maximum Gasteiger partial charge on any atom is 0.230 e. The molecule has 3 nitrogen and oxygen atoms in total. The first-order chi connectivity index (χ1) is 8.19. The highest BCUT2D eigenvalue weighted by atomic mass is 79.9.